The highest BCUT2D eigenvalue weighted by Crippen LogP contribution is 2.31. The number of aromatic nitrogens is 2. The van der Waals surface area contributed by atoms with Crippen LogP contribution >= 0.6 is 12.2 Å². The molecule has 0 fully saturated rings. The summed E-state index contributed by atoms with van der Waals surface area (Å²) in [6.07, 6.45) is 4.33. The smallest absolute Gasteiger partial charge is 0.177 e. The molecule has 3 rings (SSSR count). The van der Waals surface area contributed by atoms with Gasteiger partial charge in [-0.15, -0.1) is 0 Å². The molecule has 1 heterocycles. The van der Waals surface area contributed by atoms with Gasteiger partial charge in [0.2, 0.25) is 0 Å². The quantitative estimate of drug-likeness (QED) is 0.829. The average molecular weight is 277 g/mol. The Hall–Kier alpha value is -1.46. The Kier molecular flexibility index (Phi) is 3.24. The van der Waals surface area contributed by atoms with Crippen molar-refractivity contribution in [3.05, 3.63) is 51.8 Å². The number of halogens is 1. The number of nitrogens with zero attached hydrogens (tertiary/aromatic N) is 1. The van der Waals surface area contributed by atoms with Crippen LogP contribution in [0.2, 0.25) is 0 Å². The number of rotatable bonds is 2. The predicted octanol–water partition coefficient (Wildman–Crippen LogP) is 2.87. The first-order valence-corrected chi connectivity index (χ1v) is 6.86. The van der Waals surface area contributed by atoms with Gasteiger partial charge in [-0.25, -0.2) is 4.39 Å². The van der Waals surface area contributed by atoms with E-state index in [-0.39, 0.29) is 11.9 Å². The fourth-order valence-electron chi connectivity index (χ4n) is 2.93. The van der Waals surface area contributed by atoms with Gasteiger partial charge in [0.25, 0.3) is 0 Å². The molecular formula is C14H16FN3S. The van der Waals surface area contributed by atoms with Crippen LogP contribution in [0.3, 0.4) is 0 Å². The van der Waals surface area contributed by atoms with E-state index in [2.05, 4.69) is 9.55 Å². The van der Waals surface area contributed by atoms with Gasteiger partial charge in [0.15, 0.2) is 4.77 Å². The van der Waals surface area contributed by atoms with Crippen LogP contribution in [-0.4, -0.2) is 9.55 Å². The van der Waals surface area contributed by atoms with Gasteiger partial charge in [-0.05, 0) is 48.7 Å². The van der Waals surface area contributed by atoms with Crippen LogP contribution < -0.4 is 5.73 Å². The van der Waals surface area contributed by atoms with Gasteiger partial charge in [-0.2, -0.15) is 0 Å². The highest BCUT2D eigenvalue weighted by Gasteiger charge is 2.23. The molecule has 1 aliphatic carbocycles. The minimum Gasteiger partial charge on any atom is -0.337 e. The molecule has 100 valence electrons. The molecule has 3 N–H and O–H groups in total. The lowest BCUT2D eigenvalue weighted by Crippen LogP contribution is -2.22. The first-order chi connectivity index (χ1) is 9.20. The SMILES string of the molecule is NCc1c[nH]c(=S)n1C1CCc2c(F)cccc2C1. The van der Waals surface area contributed by atoms with Crippen LogP contribution in [0.25, 0.3) is 0 Å². The normalized spacial score (nSPS) is 18.3. The molecule has 1 aromatic carbocycles. The van der Waals surface area contributed by atoms with Crippen LogP contribution in [0.1, 0.15) is 29.3 Å². The zero-order valence-corrected chi connectivity index (χ0v) is 11.3. The number of aromatic amines is 1. The highest BCUT2D eigenvalue weighted by atomic mass is 32.1. The zero-order chi connectivity index (χ0) is 13.4. The molecule has 0 bridgehead atoms. The summed E-state index contributed by atoms with van der Waals surface area (Å²) in [5.41, 5.74) is 8.69. The molecule has 0 radical (unpaired) electrons. The summed E-state index contributed by atoms with van der Waals surface area (Å²) in [7, 11) is 0. The minimum absolute atomic E-state index is 0.0901. The number of benzene rings is 1. The predicted molar refractivity (Wildman–Crippen MR) is 75.0 cm³/mol. The molecule has 0 aliphatic heterocycles. The van der Waals surface area contributed by atoms with E-state index in [4.69, 9.17) is 18.0 Å². The first kappa shape index (κ1) is 12.6. The largest absolute Gasteiger partial charge is 0.337 e. The Labute approximate surface area is 116 Å². The highest BCUT2D eigenvalue weighted by molar-refractivity contribution is 7.71. The Bertz CT molecular complexity index is 659. The van der Waals surface area contributed by atoms with Crippen LogP contribution in [-0.2, 0) is 19.4 Å². The third-order valence-electron chi connectivity index (χ3n) is 3.86. The van der Waals surface area contributed by atoms with Crippen LogP contribution in [0.5, 0.6) is 0 Å². The number of hydrogen-bond acceptors (Lipinski definition) is 2. The Balaban J connectivity index is 1.98. The zero-order valence-electron chi connectivity index (χ0n) is 10.5. The molecule has 19 heavy (non-hydrogen) atoms. The molecule has 0 spiro atoms. The first-order valence-electron chi connectivity index (χ1n) is 6.46. The van der Waals surface area contributed by atoms with Crippen molar-refractivity contribution in [2.45, 2.75) is 31.8 Å². The van der Waals surface area contributed by atoms with Gasteiger partial charge in [-0.1, -0.05) is 12.1 Å². The second kappa shape index (κ2) is 4.90. The summed E-state index contributed by atoms with van der Waals surface area (Å²) in [5.74, 6) is -0.0901. The standard InChI is InChI=1S/C14H16FN3S/c15-13-3-1-2-9-6-10(4-5-12(9)13)18-11(7-16)8-17-14(18)19/h1-3,8,10H,4-7,16H2,(H,17,19). The maximum Gasteiger partial charge on any atom is 0.177 e. The van der Waals surface area contributed by atoms with Crippen LogP contribution in [0.4, 0.5) is 4.39 Å². The molecule has 2 aromatic rings. The molecule has 1 unspecified atom stereocenters. The number of fused-ring (bicyclic) bond motifs is 1. The van der Waals surface area contributed by atoms with Crippen LogP contribution in [0, 0.1) is 10.6 Å². The summed E-state index contributed by atoms with van der Waals surface area (Å²) < 4.78 is 16.5. The van der Waals surface area contributed by atoms with Crippen molar-refractivity contribution in [2.75, 3.05) is 0 Å². The fourth-order valence-corrected chi connectivity index (χ4v) is 3.26. The van der Waals surface area contributed by atoms with E-state index in [0.717, 1.165) is 36.1 Å². The third-order valence-corrected chi connectivity index (χ3v) is 4.18. The molecular weight excluding hydrogens is 261 g/mol. The molecule has 0 saturated carbocycles. The number of hydrogen-bond donors (Lipinski definition) is 2. The van der Waals surface area contributed by atoms with Gasteiger partial charge >= 0.3 is 0 Å². The molecule has 1 atom stereocenters. The van der Waals surface area contributed by atoms with Crippen molar-refractivity contribution in [3.63, 3.8) is 0 Å². The number of nitrogens with two attached hydrogens (primary N) is 1. The van der Waals surface area contributed by atoms with Crippen molar-refractivity contribution in [1.82, 2.24) is 9.55 Å². The van der Waals surface area contributed by atoms with E-state index in [9.17, 15) is 4.39 Å². The van der Waals surface area contributed by atoms with E-state index in [1.54, 1.807) is 6.07 Å². The van der Waals surface area contributed by atoms with Gasteiger partial charge < -0.3 is 15.3 Å². The van der Waals surface area contributed by atoms with Gasteiger partial charge in [0.1, 0.15) is 5.82 Å². The second-order valence-electron chi connectivity index (χ2n) is 4.93. The lowest BCUT2D eigenvalue weighted by atomic mass is 9.87. The molecule has 1 aromatic heterocycles. The molecule has 1 aliphatic rings. The monoisotopic (exact) mass is 277 g/mol. The van der Waals surface area contributed by atoms with E-state index in [1.165, 1.54) is 6.07 Å². The maximum absolute atomic E-state index is 13.7. The van der Waals surface area contributed by atoms with Gasteiger partial charge in [0.05, 0.1) is 5.69 Å². The van der Waals surface area contributed by atoms with Crippen molar-refractivity contribution >= 4 is 12.2 Å². The van der Waals surface area contributed by atoms with E-state index >= 15 is 0 Å². The molecule has 0 saturated heterocycles. The fraction of sp³-hybridized carbons (Fsp3) is 0.357. The van der Waals surface area contributed by atoms with Crippen LogP contribution in [0.15, 0.2) is 24.4 Å². The van der Waals surface area contributed by atoms with E-state index in [1.807, 2.05) is 12.3 Å². The summed E-state index contributed by atoms with van der Waals surface area (Å²) in [6, 6.07) is 5.58. The third kappa shape index (κ3) is 2.13. The molecule has 5 heteroatoms. The summed E-state index contributed by atoms with van der Waals surface area (Å²) in [5, 5.41) is 0. The summed E-state index contributed by atoms with van der Waals surface area (Å²) in [4.78, 5) is 3.04. The van der Waals surface area contributed by atoms with Gasteiger partial charge in [0, 0.05) is 18.8 Å². The van der Waals surface area contributed by atoms with Crippen molar-refractivity contribution in [2.24, 2.45) is 5.73 Å². The van der Waals surface area contributed by atoms with Gasteiger partial charge in [-0.3, -0.25) is 0 Å². The second-order valence-corrected chi connectivity index (χ2v) is 5.32. The van der Waals surface area contributed by atoms with Crippen molar-refractivity contribution in [3.8, 4) is 0 Å². The van der Waals surface area contributed by atoms with E-state index in [0.29, 0.717) is 11.3 Å². The molecule has 3 nitrogen and oxygen atoms in total. The number of imidazole rings is 1. The molecule has 0 amide bonds. The minimum atomic E-state index is -0.0901. The number of H-pyrrole nitrogens is 1. The maximum atomic E-state index is 13.7. The topological polar surface area (TPSA) is 46.7 Å². The summed E-state index contributed by atoms with van der Waals surface area (Å²) >= 11 is 5.32. The lowest BCUT2D eigenvalue weighted by molar-refractivity contribution is 0.419. The Morgan fingerprint density at radius 2 is 2.32 bits per heavy atom. The van der Waals surface area contributed by atoms with Crippen molar-refractivity contribution < 1.29 is 4.39 Å². The average Bonchev–Trinajstić information content (AvgIpc) is 2.80. The Morgan fingerprint density at radius 3 is 3.11 bits per heavy atom. The lowest BCUT2D eigenvalue weighted by Gasteiger charge is -2.27. The summed E-state index contributed by atoms with van der Waals surface area (Å²) in [6.45, 7) is 0.458. The Morgan fingerprint density at radius 1 is 1.47 bits per heavy atom. The number of nitrogens with one attached hydrogen (secondary N) is 1. The van der Waals surface area contributed by atoms with Crippen molar-refractivity contribution in [1.29, 1.82) is 0 Å². The van der Waals surface area contributed by atoms with E-state index < -0.39 is 0 Å².